The molecular weight excluding hydrogens is 285 g/mol. The summed E-state index contributed by atoms with van der Waals surface area (Å²) in [6, 6.07) is 1.67. The van der Waals surface area contributed by atoms with Crippen molar-refractivity contribution in [3.05, 3.63) is 35.1 Å². The van der Waals surface area contributed by atoms with E-state index in [2.05, 4.69) is 0 Å². The summed E-state index contributed by atoms with van der Waals surface area (Å²) >= 11 is 0. The highest BCUT2D eigenvalue weighted by atomic mass is 19.2. The zero-order chi connectivity index (χ0) is 15.8. The summed E-state index contributed by atoms with van der Waals surface area (Å²) in [6.45, 7) is 4.14. The van der Waals surface area contributed by atoms with Gasteiger partial charge in [0.15, 0.2) is 17.5 Å². The van der Waals surface area contributed by atoms with E-state index in [1.807, 2.05) is 0 Å². The number of hydrogen-bond donors (Lipinski definition) is 1. The molecule has 1 saturated heterocycles. The molecule has 1 heterocycles. The van der Waals surface area contributed by atoms with Crippen LogP contribution < -0.4 is 5.73 Å². The summed E-state index contributed by atoms with van der Waals surface area (Å²) in [5, 5.41) is 0. The fourth-order valence-corrected chi connectivity index (χ4v) is 2.43. The van der Waals surface area contributed by atoms with Crippen LogP contribution in [0.1, 0.15) is 24.2 Å². The molecule has 1 amide bonds. The van der Waals surface area contributed by atoms with Crippen LogP contribution in [0.15, 0.2) is 12.1 Å². The van der Waals surface area contributed by atoms with E-state index in [-0.39, 0.29) is 25.7 Å². The normalized spacial score (nSPS) is 21.4. The average molecular weight is 302 g/mol. The molecule has 0 aromatic heterocycles. The molecule has 0 spiro atoms. The summed E-state index contributed by atoms with van der Waals surface area (Å²) in [7, 11) is 0. The van der Waals surface area contributed by atoms with Gasteiger partial charge in [-0.05, 0) is 26.0 Å². The van der Waals surface area contributed by atoms with Gasteiger partial charge in [-0.15, -0.1) is 0 Å². The predicted octanol–water partition coefficient (Wildman–Crippen LogP) is 1.68. The van der Waals surface area contributed by atoms with E-state index >= 15 is 0 Å². The van der Waals surface area contributed by atoms with Crippen LogP contribution in [0.4, 0.5) is 13.2 Å². The van der Waals surface area contributed by atoms with Crippen molar-refractivity contribution in [2.45, 2.75) is 25.6 Å². The van der Waals surface area contributed by atoms with Gasteiger partial charge in [-0.1, -0.05) is 0 Å². The van der Waals surface area contributed by atoms with Gasteiger partial charge >= 0.3 is 0 Å². The van der Waals surface area contributed by atoms with Crippen LogP contribution in [0.2, 0.25) is 0 Å². The molecule has 1 aromatic rings. The Hall–Kier alpha value is -1.60. The standard InChI is InChI=1S/C14H17F3N2O2/c1-14(2)7-19(6-8(5-18)21-14)13(20)9-3-4-10(15)12(17)11(9)16/h3-4,8H,5-7,18H2,1-2H3. The molecule has 0 saturated carbocycles. The van der Waals surface area contributed by atoms with E-state index in [1.165, 1.54) is 4.90 Å². The largest absolute Gasteiger partial charge is 0.367 e. The third kappa shape index (κ3) is 3.19. The Bertz CT molecular complexity index is 563. The van der Waals surface area contributed by atoms with Crippen molar-refractivity contribution in [2.75, 3.05) is 19.6 Å². The molecule has 0 aliphatic carbocycles. The quantitative estimate of drug-likeness (QED) is 0.846. The van der Waals surface area contributed by atoms with Gasteiger partial charge in [0.25, 0.3) is 5.91 Å². The number of amides is 1. The van der Waals surface area contributed by atoms with Crippen molar-refractivity contribution in [3.8, 4) is 0 Å². The minimum atomic E-state index is -1.65. The van der Waals surface area contributed by atoms with Crippen molar-refractivity contribution in [3.63, 3.8) is 0 Å². The number of morpholine rings is 1. The van der Waals surface area contributed by atoms with E-state index in [0.29, 0.717) is 0 Å². The Balaban J connectivity index is 2.29. The molecule has 2 N–H and O–H groups in total. The van der Waals surface area contributed by atoms with Crippen molar-refractivity contribution >= 4 is 5.91 Å². The van der Waals surface area contributed by atoms with Gasteiger partial charge in [-0.3, -0.25) is 4.79 Å². The maximum absolute atomic E-state index is 13.7. The van der Waals surface area contributed by atoms with Crippen LogP contribution in [0.25, 0.3) is 0 Å². The van der Waals surface area contributed by atoms with E-state index in [4.69, 9.17) is 10.5 Å². The predicted molar refractivity (Wildman–Crippen MR) is 70.2 cm³/mol. The third-order valence-electron chi connectivity index (χ3n) is 3.30. The zero-order valence-corrected chi connectivity index (χ0v) is 11.8. The molecule has 4 nitrogen and oxygen atoms in total. The Morgan fingerprint density at radius 3 is 2.67 bits per heavy atom. The number of carbonyl (C=O) groups excluding carboxylic acids is 1. The smallest absolute Gasteiger partial charge is 0.257 e. The molecular formula is C14H17F3N2O2. The zero-order valence-electron chi connectivity index (χ0n) is 11.8. The number of carbonyl (C=O) groups is 1. The molecule has 116 valence electrons. The fraction of sp³-hybridized carbons (Fsp3) is 0.500. The first-order chi connectivity index (χ1) is 9.75. The lowest BCUT2D eigenvalue weighted by molar-refractivity contribution is -0.122. The van der Waals surface area contributed by atoms with Gasteiger partial charge in [0, 0.05) is 19.6 Å². The number of nitrogens with zero attached hydrogens (tertiary/aromatic N) is 1. The van der Waals surface area contributed by atoms with Crippen LogP contribution >= 0.6 is 0 Å². The molecule has 1 unspecified atom stereocenters. The number of hydrogen-bond acceptors (Lipinski definition) is 3. The van der Waals surface area contributed by atoms with E-state index in [1.54, 1.807) is 13.8 Å². The Morgan fingerprint density at radius 1 is 1.38 bits per heavy atom. The average Bonchev–Trinajstić information content (AvgIpc) is 2.42. The number of benzene rings is 1. The van der Waals surface area contributed by atoms with Crippen molar-refractivity contribution in [1.82, 2.24) is 4.90 Å². The Labute approximate surface area is 120 Å². The lowest BCUT2D eigenvalue weighted by Crippen LogP contribution is -2.56. The second kappa shape index (κ2) is 5.65. The second-order valence-corrected chi connectivity index (χ2v) is 5.64. The number of rotatable bonds is 2. The van der Waals surface area contributed by atoms with Gasteiger partial charge in [0.2, 0.25) is 0 Å². The number of nitrogens with two attached hydrogens (primary N) is 1. The summed E-state index contributed by atoms with van der Waals surface area (Å²) in [6.07, 6.45) is -0.383. The monoisotopic (exact) mass is 302 g/mol. The number of halogens is 3. The second-order valence-electron chi connectivity index (χ2n) is 5.64. The van der Waals surface area contributed by atoms with Crippen molar-refractivity contribution < 1.29 is 22.7 Å². The molecule has 1 aromatic carbocycles. The molecule has 1 aliphatic heterocycles. The maximum atomic E-state index is 13.7. The molecule has 1 atom stereocenters. The van der Waals surface area contributed by atoms with Gasteiger partial charge in [0.05, 0.1) is 17.3 Å². The molecule has 2 rings (SSSR count). The Morgan fingerprint density at radius 2 is 2.05 bits per heavy atom. The topological polar surface area (TPSA) is 55.6 Å². The minimum absolute atomic E-state index is 0.178. The molecule has 0 radical (unpaired) electrons. The number of ether oxygens (including phenoxy) is 1. The third-order valence-corrected chi connectivity index (χ3v) is 3.30. The first-order valence-corrected chi connectivity index (χ1v) is 6.56. The molecule has 1 aliphatic rings. The molecule has 1 fully saturated rings. The van der Waals surface area contributed by atoms with Gasteiger partial charge in [-0.2, -0.15) is 0 Å². The highest BCUT2D eigenvalue weighted by molar-refractivity contribution is 5.94. The van der Waals surface area contributed by atoms with Crippen LogP contribution in [-0.4, -0.2) is 42.1 Å². The van der Waals surface area contributed by atoms with Gasteiger partial charge in [-0.25, -0.2) is 13.2 Å². The van der Waals surface area contributed by atoms with E-state index in [0.717, 1.165) is 12.1 Å². The van der Waals surface area contributed by atoms with Gasteiger partial charge in [0.1, 0.15) is 0 Å². The lowest BCUT2D eigenvalue weighted by Gasteiger charge is -2.42. The van der Waals surface area contributed by atoms with E-state index in [9.17, 15) is 18.0 Å². The lowest BCUT2D eigenvalue weighted by atomic mass is 10.0. The summed E-state index contributed by atoms with van der Waals surface area (Å²) in [5.41, 5.74) is 4.41. The summed E-state index contributed by atoms with van der Waals surface area (Å²) in [5.74, 6) is -5.16. The van der Waals surface area contributed by atoms with E-state index < -0.39 is 34.5 Å². The van der Waals surface area contributed by atoms with Gasteiger partial charge < -0.3 is 15.4 Å². The molecule has 0 bridgehead atoms. The highest BCUT2D eigenvalue weighted by Gasteiger charge is 2.36. The maximum Gasteiger partial charge on any atom is 0.257 e. The fourth-order valence-electron chi connectivity index (χ4n) is 2.43. The van der Waals surface area contributed by atoms with Crippen LogP contribution in [-0.2, 0) is 4.74 Å². The molecule has 21 heavy (non-hydrogen) atoms. The van der Waals surface area contributed by atoms with Crippen molar-refractivity contribution in [1.29, 1.82) is 0 Å². The van der Waals surface area contributed by atoms with Crippen LogP contribution in [0, 0.1) is 17.5 Å². The first-order valence-electron chi connectivity index (χ1n) is 6.56. The Kier molecular flexibility index (Phi) is 4.25. The minimum Gasteiger partial charge on any atom is -0.367 e. The summed E-state index contributed by atoms with van der Waals surface area (Å²) < 4.78 is 45.6. The van der Waals surface area contributed by atoms with Crippen LogP contribution in [0.5, 0.6) is 0 Å². The summed E-state index contributed by atoms with van der Waals surface area (Å²) in [4.78, 5) is 13.7. The highest BCUT2D eigenvalue weighted by Crippen LogP contribution is 2.24. The first kappa shape index (κ1) is 15.8. The van der Waals surface area contributed by atoms with Crippen LogP contribution in [0.3, 0.4) is 0 Å². The molecule has 7 heteroatoms. The SMILES string of the molecule is CC1(C)CN(C(=O)c2ccc(F)c(F)c2F)CC(CN)O1. The van der Waals surface area contributed by atoms with Crippen molar-refractivity contribution in [2.24, 2.45) is 5.73 Å².